The molecule has 1 N–H and O–H groups in total. The van der Waals surface area contributed by atoms with Gasteiger partial charge in [0.25, 0.3) is 0 Å². The van der Waals surface area contributed by atoms with Gasteiger partial charge < -0.3 is 4.74 Å². The van der Waals surface area contributed by atoms with Crippen LogP contribution < -0.4 is 5.43 Å². The lowest BCUT2D eigenvalue weighted by Crippen LogP contribution is -2.64. The van der Waals surface area contributed by atoms with E-state index in [4.69, 9.17) is 4.74 Å². The fourth-order valence-corrected chi connectivity index (χ4v) is 3.41. The SMILES string of the molecule is COC(=O)[C@]12CC[C@H]1CCN2NCc1ccc(F)cc1. The molecular weight excluding hydrogens is 259 g/mol. The molecule has 1 aromatic rings. The van der Waals surface area contributed by atoms with Crippen LogP contribution in [0.15, 0.2) is 24.3 Å². The minimum atomic E-state index is -0.477. The van der Waals surface area contributed by atoms with Gasteiger partial charge in [-0.3, -0.25) is 0 Å². The Hall–Kier alpha value is -1.46. The summed E-state index contributed by atoms with van der Waals surface area (Å²) in [5.41, 5.74) is 3.83. The summed E-state index contributed by atoms with van der Waals surface area (Å²) >= 11 is 0. The highest BCUT2D eigenvalue weighted by Gasteiger charge is 2.61. The van der Waals surface area contributed by atoms with Crippen LogP contribution in [0.25, 0.3) is 0 Å². The largest absolute Gasteiger partial charge is 0.468 e. The van der Waals surface area contributed by atoms with Gasteiger partial charge in [0.15, 0.2) is 0 Å². The summed E-state index contributed by atoms with van der Waals surface area (Å²) in [7, 11) is 1.45. The quantitative estimate of drug-likeness (QED) is 0.854. The molecule has 2 fully saturated rings. The lowest BCUT2D eigenvalue weighted by Gasteiger charge is -2.47. The van der Waals surface area contributed by atoms with Gasteiger partial charge in [0.05, 0.1) is 7.11 Å². The van der Waals surface area contributed by atoms with Crippen molar-refractivity contribution in [3.63, 3.8) is 0 Å². The van der Waals surface area contributed by atoms with Crippen molar-refractivity contribution in [1.29, 1.82) is 0 Å². The number of hydrogen-bond acceptors (Lipinski definition) is 4. The highest BCUT2D eigenvalue weighted by atomic mass is 19.1. The molecule has 4 nitrogen and oxygen atoms in total. The van der Waals surface area contributed by atoms with Gasteiger partial charge >= 0.3 is 5.97 Å². The Labute approximate surface area is 117 Å². The van der Waals surface area contributed by atoms with Crippen molar-refractivity contribution >= 4 is 5.97 Å². The molecular formula is C15H19FN2O2. The third-order valence-electron chi connectivity index (χ3n) is 4.66. The predicted octanol–water partition coefficient (Wildman–Crippen LogP) is 1.86. The maximum absolute atomic E-state index is 12.9. The number of hydrazine groups is 1. The van der Waals surface area contributed by atoms with E-state index in [9.17, 15) is 9.18 Å². The van der Waals surface area contributed by atoms with E-state index in [-0.39, 0.29) is 11.8 Å². The Balaban J connectivity index is 1.68. The van der Waals surface area contributed by atoms with Gasteiger partial charge in [0.1, 0.15) is 11.4 Å². The second kappa shape index (κ2) is 5.14. The zero-order valence-electron chi connectivity index (χ0n) is 11.6. The first kappa shape index (κ1) is 13.5. The lowest BCUT2D eigenvalue weighted by molar-refractivity contribution is -0.166. The molecule has 2 aliphatic rings. The molecule has 20 heavy (non-hydrogen) atoms. The van der Waals surface area contributed by atoms with Crippen LogP contribution in [0, 0.1) is 11.7 Å². The standard InChI is InChI=1S/C15H19FN2O2/c1-20-14(19)15-8-6-12(15)7-9-18(15)17-10-11-2-4-13(16)5-3-11/h2-5,12,17H,6-10H2,1H3/t12-,15-/m0/s1. The van der Waals surface area contributed by atoms with E-state index in [0.717, 1.165) is 31.4 Å². The van der Waals surface area contributed by atoms with Gasteiger partial charge in [0, 0.05) is 13.1 Å². The van der Waals surface area contributed by atoms with Crippen LogP contribution in [0.3, 0.4) is 0 Å². The predicted molar refractivity (Wildman–Crippen MR) is 72.0 cm³/mol. The average molecular weight is 278 g/mol. The van der Waals surface area contributed by atoms with E-state index in [1.807, 2.05) is 5.01 Å². The molecule has 1 heterocycles. The Morgan fingerprint density at radius 1 is 1.45 bits per heavy atom. The van der Waals surface area contributed by atoms with Crippen molar-refractivity contribution in [1.82, 2.24) is 10.4 Å². The van der Waals surface area contributed by atoms with Crippen molar-refractivity contribution in [2.24, 2.45) is 5.92 Å². The van der Waals surface area contributed by atoms with Gasteiger partial charge in [-0.25, -0.2) is 19.6 Å². The number of nitrogens with one attached hydrogen (secondary N) is 1. The molecule has 0 unspecified atom stereocenters. The number of rotatable bonds is 4. The van der Waals surface area contributed by atoms with Gasteiger partial charge in [-0.15, -0.1) is 0 Å². The molecule has 0 bridgehead atoms. The van der Waals surface area contributed by atoms with Crippen LogP contribution in [0.2, 0.25) is 0 Å². The van der Waals surface area contributed by atoms with E-state index >= 15 is 0 Å². The number of methoxy groups -OCH3 is 1. The fourth-order valence-electron chi connectivity index (χ4n) is 3.41. The maximum atomic E-state index is 12.9. The minimum absolute atomic E-state index is 0.141. The third-order valence-corrected chi connectivity index (χ3v) is 4.66. The molecule has 2 atom stereocenters. The summed E-state index contributed by atoms with van der Waals surface area (Å²) in [5.74, 6) is 0.0218. The number of fused-ring (bicyclic) bond motifs is 1. The van der Waals surface area contributed by atoms with Crippen LogP contribution in [-0.4, -0.2) is 30.2 Å². The van der Waals surface area contributed by atoms with Crippen molar-refractivity contribution in [3.05, 3.63) is 35.6 Å². The average Bonchev–Trinajstić information content (AvgIpc) is 2.68. The highest BCUT2D eigenvalue weighted by molar-refractivity contribution is 5.83. The Morgan fingerprint density at radius 2 is 2.20 bits per heavy atom. The topological polar surface area (TPSA) is 41.6 Å². The number of ether oxygens (including phenoxy) is 1. The Morgan fingerprint density at radius 3 is 2.80 bits per heavy atom. The monoisotopic (exact) mass is 278 g/mol. The van der Waals surface area contributed by atoms with Crippen molar-refractivity contribution < 1.29 is 13.9 Å². The summed E-state index contributed by atoms with van der Waals surface area (Å²) in [5, 5.41) is 2.02. The normalized spacial score (nSPS) is 28.8. The van der Waals surface area contributed by atoms with E-state index in [1.54, 1.807) is 12.1 Å². The molecule has 1 saturated carbocycles. The summed E-state index contributed by atoms with van der Waals surface area (Å²) in [6.45, 7) is 1.44. The molecule has 0 amide bonds. The molecule has 1 saturated heterocycles. The van der Waals surface area contributed by atoms with Crippen LogP contribution >= 0.6 is 0 Å². The van der Waals surface area contributed by atoms with Crippen LogP contribution in [0.1, 0.15) is 24.8 Å². The summed E-state index contributed by atoms with van der Waals surface area (Å²) in [4.78, 5) is 12.1. The summed E-state index contributed by atoms with van der Waals surface area (Å²) in [6.07, 6.45) is 2.95. The molecule has 0 aromatic heterocycles. The van der Waals surface area contributed by atoms with Crippen LogP contribution in [-0.2, 0) is 16.1 Å². The first-order chi connectivity index (χ1) is 9.66. The van der Waals surface area contributed by atoms with Gasteiger partial charge in [-0.05, 0) is 42.9 Å². The molecule has 1 aliphatic carbocycles. The lowest BCUT2D eigenvalue weighted by atomic mass is 9.67. The zero-order valence-corrected chi connectivity index (χ0v) is 11.6. The number of benzene rings is 1. The Bertz CT molecular complexity index is 505. The van der Waals surface area contributed by atoms with Gasteiger partial charge in [-0.1, -0.05) is 12.1 Å². The number of carbonyl (C=O) groups excluding carboxylic acids is 1. The molecule has 1 aromatic carbocycles. The smallest absolute Gasteiger partial charge is 0.327 e. The van der Waals surface area contributed by atoms with Crippen molar-refractivity contribution in [3.8, 4) is 0 Å². The second-order valence-electron chi connectivity index (χ2n) is 5.55. The number of carbonyl (C=O) groups is 1. The van der Waals surface area contributed by atoms with E-state index in [0.29, 0.717) is 12.5 Å². The van der Waals surface area contributed by atoms with Crippen molar-refractivity contribution in [2.75, 3.05) is 13.7 Å². The summed E-state index contributed by atoms with van der Waals surface area (Å²) < 4.78 is 17.9. The minimum Gasteiger partial charge on any atom is -0.468 e. The summed E-state index contributed by atoms with van der Waals surface area (Å²) in [6, 6.07) is 6.40. The molecule has 0 radical (unpaired) electrons. The van der Waals surface area contributed by atoms with Crippen LogP contribution in [0.5, 0.6) is 0 Å². The molecule has 108 valence electrons. The van der Waals surface area contributed by atoms with Gasteiger partial charge in [-0.2, -0.15) is 0 Å². The third kappa shape index (κ3) is 2.01. The van der Waals surface area contributed by atoms with Gasteiger partial charge in [0.2, 0.25) is 0 Å². The Kier molecular flexibility index (Phi) is 3.48. The first-order valence-corrected chi connectivity index (χ1v) is 7.01. The molecule has 3 rings (SSSR count). The highest BCUT2D eigenvalue weighted by Crippen LogP contribution is 2.50. The fraction of sp³-hybridized carbons (Fsp3) is 0.533. The van der Waals surface area contributed by atoms with Crippen molar-refractivity contribution in [2.45, 2.75) is 31.3 Å². The van der Waals surface area contributed by atoms with E-state index in [1.165, 1.54) is 19.2 Å². The maximum Gasteiger partial charge on any atom is 0.327 e. The first-order valence-electron chi connectivity index (χ1n) is 7.01. The molecule has 5 heteroatoms. The second-order valence-corrected chi connectivity index (χ2v) is 5.55. The number of nitrogens with zero attached hydrogens (tertiary/aromatic N) is 1. The van der Waals surface area contributed by atoms with E-state index in [2.05, 4.69) is 5.43 Å². The zero-order chi connectivity index (χ0) is 14.2. The number of esters is 1. The number of halogens is 1. The number of hydrogen-bond donors (Lipinski definition) is 1. The molecule has 1 aliphatic heterocycles. The van der Waals surface area contributed by atoms with E-state index < -0.39 is 5.54 Å². The van der Waals surface area contributed by atoms with Crippen LogP contribution in [0.4, 0.5) is 4.39 Å². The molecule has 0 spiro atoms.